The molecule has 0 spiro atoms. The van der Waals surface area contributed by atoms with E-state index in [0.29, 0.717) is 28.5 Å². The van der Waals surface area contributed by atoms with Gasteiger partial charge in [0.2, 0.25) is 0 Å². The van der Waals surface area contributed by atoms with E-state index in [-0.39, 0.29) is 11.7 Å². The van der Waals surface area contributed by atoms with Gasteiger partial charge in [0.1, 0.15) is 10.7 Å². The number of hydrogen-bond acceptors (Lipinski definition) is 4. The molecule has 1 unspecified atom stereocenters. The van der Waals surface area contributed by atoms with Crippen LogP contribution in [0.1, 0.15) is 16.1 Å². The highest BCUT2D eigenvalue weighted by Gasteiger charge is 2.30. The molecular weight excluding hydrogens is 289 g/mol. The molecule has 1 saturated heterocycles. The molecule has 1 aliphatic heterocycles. The molecule has 1 aromatic heterocycles. The van der Waals surface area contributed by atoms with E-state index in [1.54, 1.807) is 6.07 Å². The maximum atomic E-state index is 13.3. The first-order valence-electron chi connectivity index (χ1n) is 6.90. The molecule has 2 aromatic rings. The predicted octanol–water partition coefficient (Wildman–Crippen LogP) is 2.40. The molecule has 1 aliphatic rings. The average Bonchev–Trinajstić information content (AvgIpc) is 3.04. The Balaban J connectivity index is 1.90. The molecule has 1 aromatic carbocycles. The summed E-state index contributed by atoms with van der Waals surface area (Å²) >= 11 is 1.34. The van der Waals surface area contributed by atoms with Crippen LogP contribution in [0.5, 0.6) is 0 Å². The fraction of sp³-hybridized carbons (Fsp3) is 0.400. The van der Waals surface area contributed by atoms with Crippen molar-refractivity contribution in [1.82, 2.24) is 9.80 Å². The van der Waals surface area contributed by atoms with Crippen LogP contribution in [-0.4, -0.2) is 48.9 Å². The van der Waals surface area contributed by atoms with E-state index in [4.69, 9.17) is 5.73 Å². The fourth-order valence-electron chi connectivity index (χ4n) is 2.74. The minimum atomic E-state index is -0.333. The maximum absolute atomic E-state index is 13.3. The first-order valence-corrected chi connectivity index (χ1v) is 7.72. The summed E-state index contributed by atoms with van der Waals surface area (Å²) in [6, 6.07) is 4.85. The number of rotatable bonds is 2. The van der Waals surface area contributed by atoms with Gasteiger partial charge in [-0.1, -0.05) is 0 Å². The molecule has 0 saturated carbocycles. The largest absolute Gasteiger partial charge is 0.397 e. The summed E-state index contributed by atoms with van der Waals surface area (Å²) in [6.07, 6.45) is 0.970. The fourth-order valence-corrected chi connectivity index (χ4v) is 3.81. The van der Waals surface area contributed by atoms with Crippen molar-refractivity contribution in [2.45, 2.75) is 12.5 Å². The second kappa shape index (κ2) is 5.27. The van der Waals surface area contributed by atoms with Gasteiger partial charge >= 0.3 is 0 Å². The lowest BCUT2D eigenvalue weighted by Gasteiger charge is -2.20. The number of likely N-dealkylation sites (tertiary alicyclic amines) is 1. The summed E-state index contributed by atoms with van der Waals surface area (Å²) in [7, 11) is 4.05. The number of halogens is 1. The Kier molecular flexibility index (Phi) is 3.59. The Bertz CT molecular complexity index is 698. The number of thiophene rings is 1. The van der Waals surface area contributed by atoms with Gasteiger partial charge in [-0.15, -0.1) is 11.3 Å². The van der Waals surface area contributed by atoms with Crippen LogP contribution < -0.4 is 5.73 Å². The van der Waals surface area contributed by atoms with Crippen LogP contribution in [0.3, 0.4) is 0 Å². The lowest BCUT2D eigenvalue weighted by molar-refractivity contribution is 0.0789. The van der Waals surface area contributed by atoms with Crippen LogP contribution in [0.4, 0.5) is 10.1 Å². The van der Waals surface area contributed by atoms with Crippen molar-refractivity contribution in [1.29, 1.82) is 0 Å². The Labute approximate surface area is 126 Å². The molecule has 1 amide bonds. The first-order chi connectivity index (χ1) is 9.97. The van der Waals surface area contributed by atoms with Gasteiger partial charge in [-0.3, -0.25) is 4.79 Å². The summed E-state index contributed by atoms with van der Waals surface area (Å²) in [4.78, 5) is 17.1. The van der Waals surface area contributed by atoms with Crippen LogP contribution in [0.25, 0.3) is 10.1 Å². The molecule has 1 atom stereocenters. The van der Waals surface area contributed by atoms with Gasteiger partial charge in [-0.05, 0) is 38.7 Å². The van der Waals surface area contributed by atoms with Crippen LogP contribution in [0, 0.1) is 5.82 Å². The van der Waals surface area contributed by atoms with Crippen molar-refractivity contribution in [3.8, 4) is 0 Å². The third-order valence-corrected chi connectivity index (χ3v) is 5.24. The second-order valence-electron chi connectivity index (χ2n) is 5.64. The van der Waals surface area contributed by atoms with Crippen molar-refractivity contribution in [2.75, 3.05) is 32.9 Å². The average molecular weight is 307 g/mol. The van der Waals surface area contributed by atoms with Crippen LogP contribution in [0.15, 0.2) is 18.2 Å². The topological polar surface area (TPSA) is 49.6 Å². The van der Waals surface area contributed by atoms with E-state index in [1.165, 1.54) is 23.5 Å². The zero-order chi connectivity index (χ0) is 15.1. The van der Waals surface area contributed by atoms with E-state index in [9.17, 15) is 9.18 Å². The smallest absolute Gasteiger partial charge is 0.266 e. The van der Waals surface area contributed by atoms with E-state index in [0.717, 1.165) is 17.7 Å². The van der Waals surface area contributed by atoms with E-state index >= 15 is 0 Å². The number of nitrogens with zero attached hydrogens (tertiary/aromatic N) is 2. The van der Waals surface area contributed by atoms with E-state index in [2.05, 4.69) is 4.90 Å². The summed E-state index contributed by atoms with van der Waals surface area (Å²) in [5.41, 5.74) is 6.45. The number of likely N-dealkylation sites (N-methyl/N-ethyl adjacent to an activating group) is 1. The van der Waals surface area contributed by atoms with Gasteiger partial charge in [0, 0.05) is 29.2 Å². The molecule has 0 aliphatic carbocycles. The van der Waals surface area contributed by atoms with Crippen LogP contribution in [-0.2, 0) is 0 Å². The third-order valence-electron chi connectivity index (χ3n) is 4.06. The Morgan fingerprint density at radius 3 is 2.90 bits per heavy atom. The molecule has 2 N–H and O–H groups in total. The van der Waals surface area contributed by atoms with Crippen molar-refractivity contribution >= 4 is 33.0 Å². The lowest BCUT2D eigenvalue weighted by Crippen LogP contribution is -2.34. The number of fused-ring (bicyclic) bond motifs is 1. The number of carbonyl (C=O) groups is 1. The summed E-state index contributed by atoms with van der Waals surface area (Å²) in [5, 5.41) is 0.631. The number of amides is 1. The van der Waals surface area contributed by atoms with Gasteiger partial charge < -0.3 is 15.5 Å². The predicted molar refractivity (Wildman–Crippen MR) is 84.2 cm³/mol. The second-order valence-corrected chi connectivity index (χ2v) is 6.69. The molecule has 3 rings (SSSR count). The zero-order valence-electron chi connectivity index (χ0n) is 12.1. The first kappa shape index (κ1) is 14.3. The minimum absolute atomic E-state index is 0.0431. The highest BCUT2D eigenvalue weighted by molar-refractivity contribution is 7.21. The maximum Gasteiger partial charge on any atom is 0.266 e. The summed E-state index contributed by atoms with van der Waals surface area (Å²) in [6.45, 7) is 1.46. The molecule has 6 heteroatoms. The van der Waals surface area contributed by atoms with E-state index in [1.807, 2.05) is 19.0 Å². The highest BCUT2D eigenvalue weighted by atomic mass is 32.1. The Morgan fingerprint density at radius 2 is 2.24 bits per heavy atom. The molecule has 2 heterocycles. The van der Waals surface area contributed by atoms with Gasteiger partial charge in [0.15, 0.2) is 0 Å². The number of anilines is 1. The van der Waals surface area contributed by atoms with Crippen molar-refractivity contribution < 1.29 is 9.18 Å². The molecule has 0 radical (unpaired) electrons. The molecular formula is C15H18FN3OS. The van der Waals surface area contributed by atoms with E-state index < -0.39 is 0 Å². The van der Waals surface area contributed by atoms with Crippen LogP contribution >= 0.6 is 11.3 Å². The van der Waals surface area contributed by atoms with Crippen molar-refractivity contribution in [2.24, 2.45) is 0 Å². The third kappa shape index (κ3) is 2.49. The summed E-state index contributed by atoms with van der Waals surface area (Å²) in [5.74, 6) is -0.377. The number of nitrogens with two attached hydrogens (primary N) is 1. The Hall–Kier alpha value is -1.66. The molecule has 0 bridgehead atoms. The zero-order valence-corrected chi connectivity index (χ0v) is 12.9. The van der Waals surface area contributed by atoms with Gasteiger partial charge in [-0.2, -0.15) is 0 Å². The molecule has 1 fully saturated rings. The number of hydrogen-bond donors (Lipinski definition) is 1. The molecule has 112 valence electrons. The van der Waals surface area contributed by atoms with Gasteiger partial charge in [0.05, 0.1) is 5.69 Å². The van der Waals surface area contributed by atoms with Gasteiger partial charge in [-0.25, -0.2) is 4.39 Å². The molecule has 4 nitrogen and oxygen atoms in total. The van der Waals surface area contributed by atoms with Crippen molar-refractivity contribution in [3.05, 3.63) is 28.9 Å². The number of benzene rings is 1. The standard InChI is InChI=1S/C15H18FN3OS/c1-18(2)10-5-6-19(8-10)15(20)14-13(17)11-7-9(16)3-4-12(11)21-14/h3-4,7,10H,5-6,8,17H2,1-2H3. The van der Waals surface area contributed by atoms with Crippen molar-refractivity contribution in [3.63, 3.8) is 0 Å². The Morgan fingerprint density at radius 1 is 1.48 bits per heavy atom. The molecule has 21 heavy (non-hydrogen) atoms. The van der Waals surface area contributed by atoms with Crippen LogP contribution in [0.2, 0.25) is 0 Å². The van der Waals surface area contributed by atoms with Gasteiger partial charge in [0.25, 0.3) is 5.91 Å². The minimum Gasteiger partial charge on any atom is -0.397 e. The quantitative estimate of drug-likeness (QED) is 0.927. The monoisotopic (exact) mass is 307 g/mol. The number of carbonyl (C=O) groups excluding carboxylic acids is 1. The lowest BCUT2D eigenvalue weighted by atomic mass is 10.2. The normalized spacial score (nSPS) is 18.9. The SMILES string of the molecule is CN(C)C1CCN(C(=O)c2sc3ccc(F)cc3c2N)C1. The summed E-state index contributed by atoms with van der Waals surface area (Å²) < 4.78 is 14.2. The number of nitrogen functional groups attached to an aromatic ring is 1. The highest BCUT2D eigenvalue weighted by Crippen LogP contribution is 2.35.